The van der Waals surface area contributed by atoms with Gasteiger partial charge in [-0.25, -0.2) is 15.0 Å². The van der Waals surface area contributed by atoms with Gasteiger partial charge < -0.3 is 0 Å². The first-order valence-electron chi connectivity index (χ1n) is 16.7. The topological polar surface area (TPSA) is 51.6 Å². The van der Waals surface area contributed by atoms with Gasteiger partial charge in [0.15, 0.2) is 17.5 Å². The normalized spacial score (nSPS) is 11.2. The second kappa shape index (κ2) is 12.7. The molecule has 0 saturated heterocycles. The summed E-state index contributed by atoms with van der Waals surface area (Å²) in [6.07, 6.45) is 3.70. The number of nitrogens with zero attached hydrogens (tertiary/aromatic N) is 4. The lowest BCUT2D eigenvalue weighted by atomic mass is 9.90. The van der Waals surface area contributed by atoms with Crippen molar-refractivity contribution < 1.29 is 0 Å². The van der Waals surface area contributed by atoms with Crippen molar-refractivity contribution in [2.45, 2.75) is 0 Å². The number of fused-ring (bicyclic) bond motifs is 3. The van der Waals surface area contributed by atoms with Gasteiger partial charge in [0, 0.05) is 29.1 Å². The molecule has 9 rings (SSSR count). The molecule has 0 N–H and O–H groups in total. The van der Waals surface area contributed by atoms with Crippen LogP contribution in [0.1, 0.15) is 0 Å². The van der Waals surface area contributed by atoms with Crippen LogP contribution in [0.2, 0.25) is 0 Å². The van der Waals surface area contributed by atoms with Gasteiger partial charge in [0.1, 0.15) is 0 Å². The molecule has 0 aliphatic rings. The molecule has 0 amide bonds. The molecule has 2 heterocycles. The molecule has 2 aromatic heterocycles. The summed E-state index contributed by atoms with van der Waals surface area (Å²) in [4.78, 5) is 19.5. The second-order valence-corrected chi connectivity index (χ2v) is 12.3. The van der Waals surface area contributed by atoms with E-state index in [9.17, 15) is 0 Å². The van der Waals surface area contributed by atoms with Gasteiger partial charge in [0.25, 0.3) is 0 Å². The maximum atomic E-state index is 5.11. The highest BCUT2D eigenvalue weighted by molar-refractivity contribution is 6.14. The lowest BCUT2D eigenvalue weighted by molar-refractivity contribution is 1.07. The molecule has 0 radical (unpaired) electrons. The van der Waals surface area contributed by atoms with Crippen molar-refractivity contribution in [3.05, 3.63) is 182 Å². The third-order valence-corrected chi connectivity index (χ3v) is 9.18. The summed E-state index contributed by atoms with van der Waals surface area (Å²) in [5, 5.41) is 4.87. The Hall–Kier alpha value is -6.78. The minimum atomic E-state index is 0.623. The Labute approximate surface area is 290 Å². The molecule has 0 aliphatic carbocycles. The zero-order chi connectivity index (χ0) is 33.3. The van der Waals surface area contributed by atoms with Crippen LogP contribution in [0.3, 0.4) is 0 Å². The smallest absolute Gasteiger partial charge is 0.164 e. The number of benzene rings is 7. The molecule has 7 aromatic carbocycles. The predicted octanol–water partition coefficient (Wildman–Crippen LogP) is 11.6. The Kier molecular flexibility index (Phi) is 7.45. The highest BCUT2D eigenvalue weighted by Crippen LogP contribution is 2.39. The number of hydrogen-bond acceptors (Lipinski definition) is 4. The molecule has 4 heteroatoms. The highest BCUT2D eigenvalue weighted by Gasteiger charge is 2.16. The number of hydrogen-bond donors (Lipinski definition) is 0. The van der Waals surface area contributed by atoms with Gasteiger partial charge in [-0.05, 0) is 85.3 Å². The SMILES string of the molecule is c1ccc(-c2nc(-c3ccccc3)nc(-c3cc(-c4ccc(-c5cccnc5)cc4)cc(-c4cc5ccccc5c5ccccc45)c3)n2)cc1. The Balaban J connectivity index is 1.28. The van der Waals surface area contributed by atoms with E-state index in [4.69, 9.17) is 15.0 Å². The van der Waals surface area contributed by atoms with Crippen molar-refractivity contribution in [1.82, 2.24) is 19.9 Å². The molecular weight excluding hydrogens is 609 g/mol. The van der Waals surface area contributed by atoms with Crippen molar-refractivity contribution in [2.24, 2.45) is 0 Å². The molecule has 234 valence electrons. The first kappa shape index (κ1) is 29.4. The van der Waals surface area contributed by atoms with Gasteiger partial charge in [-0.3, -0.25) is 4.98 Å². The molecule has 0 spiro atoms. The van der Waals surface area contributed by atoms with Crippen LogP contribution in [-0.2, 0) is 0 Å². The molecule has 4 nitrogen and oxygen atoms in total. The van der Waals surface area contributed by atoms with Crippen LogP contribution in [0.4, 0.5) is 0 Å². The first-order valence-corrected chi connectivity index (χ1v) is 16.7. The number of rotatable bonds is 6. The van der Waals surface area contributed by atoms with Crippen LogP contribution in [-0.4, -0.2) is 19.9 Å². The largest absolute Gasteiger partial charge is 0.264 e. The Morgan fingerprint density at radius 2 is 0.800 bits per heavy atom. The highest BCUT2D eigenvalue weighted by atomic mass is 15.0. The fourth-order valence-electron chi connectivity index (χ4n) is 6.70. The van der Waals surface area contributed by atoms with Gasteiger partial charge in [-0.15, -0.1) is 0 Å². The van der Waals surface area contributed by atoms with E-state index in [1.54, 1.807) is 6.20 Å². The average molecular weight is 639 g/mol. The van der Waals surface area contributed by atoms with E-state index in [-0.39, 0.29) is 0 Å². The Bertz CT molecular complexity index is 2560. The number of pyridine rings is 1. The van der Waals surface area contributed by atoms with E-state index in [1.807, 2.05) is 72.9 Å². The molecular formula is C46H30N4. The summed E-state index contributed by atoms with van der Waals surface area (Å²) in [6, 6.07) is 59.3. The maximum Gasteiger partial charge on any atom is 0.164 e. The molecule has 9 aromatic rings. The third kappa shape index (κ3) is 5.59. The zero-order valence-electron chi connectivity index (χ0n) is 27.1. The van der Waals surface area contributed by atoms with Crippen molar-refractivity contribution in [3.63, 3.8) is 0 Å². The van der Waals surface area contributed by atoms with E-state index >= 15 is 0 Å². The van der Waals surface area contributed by atoms with Crippen LogP contribution >= 0.6 is 0 Å². The fraction of sp³-hybridized carbons (Fsp3) is 0. The fourth-order valence-corrected chi connectivity index (χ4v) is 6.70. The van der Waals surface area contributed by atoms with E-state index in [0.717, 1.165) is 50.1 Å². The quantitative estimate of drug-likeness (QED) is 0.170. The molecule has 0 saturated carbocycles. The summed E-state index contributed by atoms with van der Waals surface area (Å²) >= 11 is 0. The molecule has 0 fully saturated rings. The van der Waals surface area contributed by atoms with Crippen molar-refractivity contribution in [2.75, 3.05) is 0 Å². The van der Waals surface area contributed by atoms with E-state index in [2.05, 4.69) is 108 Å². The van der Waals surface area contributed by atoms with Crippen LogP contribution in [0, 0.1) is 0 Å². The minimum Gasteiger partial charge on any atom is -0.264 e. The summed E-state index contributed by atoms with van der Waals surface area (Å²) < 4.78 is 0. The van der Waals surface area contributed by atoms with Crippen LogP contribution < -0.4 is 0 Å². The van der Waals surface area contributed by atoms with Crippen LogP contribution in [0.25, 0.3) is 89.1 Å². The summed E-state index contributed by atoms with van der Waals surface area (Å²) in [7, 11) is 0. The first-order chi connectivity index (χ1) is 24.8. The molecule has 0 atom stereocenters. The van der Waals surface area contributed by atoms with Gasteiger partial charge in [0.05, 0.1) is 0 Å². The Morgan fingerprint density at radius 1 is 0.300 bits per heavy atom. The minimum absolute atomic E-state index is 0.623. The molecule has 0 unspecified atom stereocenters. The van der Waals surface area contributed by atoms with Gasteiger partial charge in [0.2, 0.25) is 0 Å². The van der Waals surface area contributed by atoms with E-state index < -0.39 is 0 Å². The van der Waals surface area contributed by atoms with Gasteiger partial charge in [-0.1, -0.05) is 140 Å². The summed E-state index contributed by atoms with van der Waals surface area (Å²) in [6.45, 7) is 0. The Morgan fingerprint density at radius 3 is 1.44 bits per heavy atom. The zero-order valence-corrected chi connectivity index (χ0v) is 27.1. The lowest BCUT2D eigenvalue weighted by Gasteiger charge is -2.15. The molecule has 50 heavy (non-hydrogen) atoms. The van der Waals surface area contributed by atoms with Crippen molar-refractivity contribution >= 4 is 21.5 Å². The van der Waals surface area contributed by atoms with Crippen LogP contribution in [0.15, 0.2) is 182 Å². The molecule has 0 aliphatic heterocycles. The number of aromatic nitrogens is 4. The van der Waals surface area contributed by atoms with Crippen LogP contribution in [0.5, 0.6) is 0 Å². The maximum absolute atomic E-state index is 5.11. The second-order valence-electron chi connectivity index (χ2n) is 12.3. The predicted molar refractivity (Wildman–Crippen MR) is 205 cm³/mol. The van der Waals surface area contributed by atoms with Crippen molar-refractivity contribution in [3.8, 4) is 67.5 Å². The third-order valence-electron chi connectivity index (χ3n) is 9.18. The lowest BCUT2D eigenvalue weighted by Crippen LogP contribution is -2.00. The van der Waals surface area contributed by atoms with Gasteiger partial charge in [-0.2, -0.15) is 0 Å². The monoisotopic (exact) mass is 638 g/mol. The summed E-state index contributed by atoms with van der Waals surface area (Å²) in [5.74, 6) is 1.90. The van der Waals surface area contributed by atoms with Crippen molar-refractivity contribution in [1.29, 1.82) is 0 Å². The van der Waals surface area contributed by atoms with E-state index in [1.165, 1.54) is 21.5 Å². The average Bonchev–Trinajstić information content (AvgIpc) is 3.21. The standard InChI is InChI=1S/C46H30N4/c1-3-12-33(13-4-1)44-48-45(34-14-5-2-6-15-34)50-46(49-44)39-27-37(32-23-21-31(22-24-32)36-17-11-25-47-30-36)26-38(28-39)43-29-35-16-7-8-18-40(35)41-19-9-10-20-42(41)43/h1-30H. The van der Waals surface area contributed by atoms with Gasteiger partial charge >= 0.3 is 0 Å². The van der Waals surface area contributed by atoms with E-state index in [0.29, 0.717) is 17.5 Å². The molecule has 0 bridgehead atoms. The summed E-state index contributed by atoms with van der Waals surface area (Å²) in [5.41, 5.74) is 9.45.